The molecule has 0 atom stereocenters. The third-order valence-electron chi connectivity index (χ3n) is 5.44. The van der Waals surface area contributed by atoms with Crippen LogP contribution in [0.2, 0.25) is 5.02 Å². The molecule has 2 aliphatic rings. The molecule has 136 valence electrons. The van der Waals surface area contributed by atoms with Gasteiger partial charge in [0.25, 0.3) is 0 Å². The number of allylic oxidation sites excluding steroid dienone is 1. The van der Waals surface area contributed by atoms with Crippen molar-refractivity contribution in [3.63, 3.8) is 0 Å². The van der Waals surface area contributed by atoms with Gasteiger partial charge in [0.2, 0.25) is 5.91 Å². The van der Waals surface area contributed by atoms with Gasteiger partial charge in [-0.2, -0.15) is 0 Å². The lowest BCUT2D eigenvalue weighted by Gasteiger charge is -2.31. The fourth-order valence-corrected chi connectivity index (χ4v) is 4.04. The van der Waals surface area contributed by atoms with Crippen molar-refractivity contribution >= 4 is 17.5 Å². The van der Waals surface area contributed by atoms with Crippen molar-refractivity contribution in [2.24, 2.45) is 5.92 Å². The molecule has 0 spiro atoms. The highest BCUT2D eigenvalue weighted by Crippen LogP contribution is 2.23. The van der Waals surface area contributed by atoms with Crippen molar-refractivity contribution in [1.82, 2.24) is 10.2 Å². The summed E-state index contributed by atoms with van der Waals surface area (Å²) in [4.78, 5) is 14.8. The number of likely N-dealkylation sites (tertiary alicyclic amines) is 1. The molecule has 25 heavy (non-hydrogen) atoms. The summed E-state index contributed by atoms with van der Waals surface area (Å²) in [6.07, 6.45) is 10.3. The van der Waals surface area contributed by atoms with Gasteiger partial charge in [0, 0.05) is 24.0 Å². The van der Waals surface area contributed by atoms with Crippen LogP contribution in [0.25, 0.3) is 0 Å². The number of hydrogen-bond acceptors (Lipinski definition) is 2. The van der Waals surface area contributed by atoms with Gasteiger partial charge in [0.1, 0.15) is 0 Å². The molecule has 1 aromatic rings. The Hall–Kier alpha value is -1.32. The van der Waals surface area contributed by atoms with Gasteiger partial charge in [-0.05, 0) is 69.7 Å². The summed E-state index contributed by atoms with van der Waals surface area (Å²) in [5, 5.41) is 3.99. The summed E-state index contributed by atoms with van der Waals surface area (Å²) in [5.74, 6) is 0.414. The zero-order valence-electron chi connectivity index (χ0n) is 15.0. The van der Waals surface area contributed by atoms with Crippen molar-refractivity contribution in [3.8, 4) is 0 Å². The van der Waals surface area contributed by atoms with Crippen LogP contribution in [0.4, 0.5) is 0 Å². The third-order valence-corrected chi connectivity index (χ3v) is 5.81. The lowest BCUT2D eigenvalue weighted by Crippen LogP contribution is -2.40. The molecule has 0 aromatic heterocycles. The first-order valence-electron chi connectivity index (χ1n) is 9.64. The molecular formula is C21H29ClN2O. The van der Waals surface area contributed by atoms with Crippen LogP contribution in [0.5, 0.6) is 0 Å². The van der Waals surface area contributed by atoms with Gasteiger partial charge < -0.3 is 5.32 Å². The van der Waals surface area contributed by atoms with E-state index in [1.807, 2.05) is 18.2 Å². The van der Waals surface area contributed by atoms with Crippen LogP contribution in [-0.4, -0.2) is 30.4 Å². The van der Waals surface area contributed by atoms with E-state index in [0.29, 0.717) is 0 Å². The van der Waals surface area contributed by atoms with Gasteiger partial charge in [-0.3, -0.25) is 9.69 Å². The molecule has 1 amide bonds. The van der Waals surface area contributed by atoms with Crippen LogP contribution in [0.1, 0.15) is 50.5 Å². The molecular weight excluding hydrogens is 332 g/mol. The van der Waals surface area contributed by atoms with Crippen molar-refractivity contribution in [2.45, 2.75) is 51.5 Å². The highest BCUT2D eigenvalue weighted by atomic mass is 35.5. The van der Waals surface area contributed by atoms with E-state index in [2.05, 4.69) is 22.4 Å². The number of carbonyl (C=O) groups excluding carboxylic acids is 1. The Morgan fingerprint density at radius 1 is 1.20 bits per heavy atom. The van der Waals surface area contributed by atoms with E-state index in [0.717, 1.165) is 50.5 Å². The average molecular weight is 361 g/mol. The molecule has 0 bridgehead atoms. The van der Waals surface area contributed by atoms with Crippen LogP contribution in [-0.2, 0) is 11.3 Å². The van der Waals surface area contributed by atoms with E-state index in [9.17, 15) is 4.79 Å². The molecule has 3 nitrogen and oxygen atoms in total. The first-order valence-corrected chi connectivity index (χ1v) is 10.0. The predicted octanol–water partition coefficient (Wildman–Crippen LogP) is 4.56. The summed E-state index contributed by atoms with van der Waals surface area (Å²) in [7, 11) is 0. The van der Waals surface area contributed by atoms with Crippen LogP contribution >= 0.6 is 11.6 Å². The molecule has 1 aliphatic heterocycles. The molecule has 1 fully saturated rings. The van der Waals surface area contributed by atoms with Crippen LogP contribution in [0.3, 0.4) is 0 Å². The molecule has 1 aliphatic carbocycles. The number of hydrogen-bond donors (Lipinski definition) is 1. The summed E-state index contributed by atoms with van der Waals surface area (Å²) in [5.41, 5.74) is 2.70. The third kappa shape index (κ3) is 5.58. The summed E-state index contributed by atoms with van der Waals surface area (Å²) < 4.78 is 0. The number of piperidine rings is 1. The Morgan fingerprint density at radius 3 is 2.72 bits per heavy atom. The zero-order chi connectivity index (χ0) is 17.5. The lowest BCUT2D eigenvalue weighted by molar-refractivity contribution is -0.126. The minimum absolute atomic E-state index is 0.169. The number of carbonyl (C=O) groups is 1. The number of halogens is 1. The van der Waals surface area contributed by atoms with Gasteiger partial charge in [-0.15, -0.1) is 0 Å². The minimum atomic E-state index is 0.169. The average Bonchev–Trinajstić information content (AvgIpc) is 2.65. The molecule has 4 heteroatoms. The second kappa shape index (κ2) is 9.40. The number of nitrogens with zero attached hydrogens (tertiary/aromatic N) is 1. The maximum Gasteiger partial charge on any atom is 0.223 e. The second-order valence-corrected chi connectivity index (χ2v) is 7.70. The molecule has 0 unspecified atom stereocenters. The van der Waals surface area contributed by atoms with E-state index < -0.39 is 0 Å². The van der Waals surface area contributed by atoms with Gasteiger partial charge in [-0.1, -0.05) is 41.4 Å². The van der Waals surface area contributed by atoms with Gasteiger partial charge >= 0.3 is 0 Å². The molecule has 0 radical (unpaired) electrons. The molecule has 1 aromatic carbocycles. The van der Waals surface area contributed by atoms with E-state index in [-0.39, 0.29) is 11.8 Å². The number of amides is 1. The predicted molar refractivity (Wildman–Crippen MR) is 104 cm³/mol. The maximum absolute atomic E-state index is 12.4. The standard InChI is InChI=1S/C21H29ClN2O/c22-20-9-5-4-8-19(20)16-24-14-11-18(12-15-24)21(25)23-13-10-17-6-2-1-3-7-17/h4-6,8-9,18H,1-3,7,10-16H2,(H,23,25). The van der Waals surface area contributed by atoms with E-state index in [1.54, 1.807) is 0 Å². The topological polar surface area (TPSA) is 32.3 Å². The molecule has 1 saturated heterocycles. The first kappa shape index (κ1) is 18.5. The summed E-state index contributed by atoms with van der Waals surface area (Å²) in [6.45, 7) is 3.61. The van der Waals surface area contributed by atoms with E-state index >= 15 is 0 Å². The number of benzene rings is 1. The summed E-state index contributed by atoms with van der Waals surface area (Å²) >= 11 is 6.25. The molecule has 1 heterocycles. The highest BCUT2D eigenvalue weighted by molar-refractivity contribution is 6.31. The largest absolute Gasteiger partial charge is 0.356 e. The van der Waals surface area contributed by atoms with Gasteiger partial charge in [-0.25, -0.2) is 0 Å². The van der Waals surface area contributed by atoms with Gasteiger partial charge in [0.05, 0.1) is 0 Å². The van der Waals surface area contributed by atoms with Crippen molar-refractivity contribution in [3.05, 3.63) is 46.5 Å². The molecule has 3 rings (SSSR count). The Balaban J connectivity index is 1.37. The Morgan fingerprint density at radius 2 is 2.00 bits per heavy atom. The summed E-state index contributed by atoms with van der Waals surface area (Å²) in [6, 6.07) is 8.02. The Labute approximate surface area is 156 Å². The Bertz CT molecular complexity index is 606. The van der Waals surface area contributed by atoms with Crippen molar-refractivity contribution < 1.29 is 4.79 Å². The zero-order valence-corrected chi connectivity index (χ0v) is 15.7. The first-order chi connectivity index (χ1) is 12.2. The molecule has 1 N–H and O–H groups in total. The monoisotopic (exact) mass is 360 g/mol. The fraction of sp³-hybridized carbons (Fsp3) is 0.571. The minimum Gasteiger partial charge on any atom is -0.356 e. The number of nitrogens with one attached hydrogen (secondary N) is 1. The van der Waals surface area contributed by atoms with E-state index in [1.165, 1.54) is 36.8 Å². The van der Waals surface area contributed by atoms with Crippen molar-refractivity contribution in [2.75, 3.05) is 19.6 Å². The normalized spacial score (nSPS) is 19.5. The van der Waals surface area contributed by atoms with E-state index in [4.69, 9.17) is 11.6 Å². The second-order valence-electron chi connectivity index (χ2n) is 7.29. The van der Waals surface area contributed by atoms with Crippen LogP contribution in [0.15, 0.2) is 35.9 Å². The van der Waals surface area contributed by atoms with Gasteiger partial charge in [0.15, 0.2) is 0 Å². The fourth-order valence-electron chi connectivity index (χ4n) is 3.84. The van der Waals surface area contributed by atoms with Crippen LogP contribution < -0.4 is 5.32 Å². The smallest absolute Gasteiger partial charge is 0.223 e. The lowest BCUT2D eigenvalue weighted by atomic mass is 9.95. The number of rotatable bonds is 6. The van der Waals surface area contributed by atoms with Crippen LogP contribution in [0, 0.1) is 5.92 Å². The SMILES string of the molecule is O=C(NCCC1=CCCCC1)C1CCN(Cc2ccccc2Cl)CC1. The highest BCUT2D eigenvalue weighted by Gasteiger charge is 2.25. The molecule has 0 saturated carbocycles. The van der Waals surface area contributed by atoms with Crippen molar-refractivity contribution in [1.29, 1.82) is 0 Å². The quantitative estimate of drug-likeness (QED) is 0.754. The Kier molecular flexibility index (Phi) is 6.94. The maximum atomic E-state index is 12.4.